The summed E-state index contributed by atoms with van der Waals surface area (Å²) in [6, 6.07) is 13.4. The highest BCUT2D eigenvalue weighted by Crippen LogP contribution is 2.32. The van der Waals surface area contributed by atoms with Crippen molar-refractivity contribution in [3.05, 3.63) is 81.8 Å². The van der Waals surface area contributed by atoms with Gasteiger partial charge in [0.25, 0.3) is 5.56 Å². The molecule has 2 aromatic carbocycles. The number of fused-ring (bicyclic) bond motifs is 1. The molecule has 7 nitrogen and oxygen atoms in total. The first-order valence-electron chi connectivity index (χ1n) is 8.98. The second-order valence-electron chi connectivity index (χ2n) is 6.68. The maximum atomic E-state index is 12.9. The molecule has 0 saturated carbocycles. The summed E-state index contributed by atoms with van der Waals surface area (Å²) in [6.45, 7) is 1.90. The molecular formula is C21H13F3N6O. The van der Waals surface area contributed by atoms with Crippen molar-refractivity contribution >= 4 is 17.0 Å². The zero-order valence-corrected chi connectivity index (χ0v) is 16.0. The van der Waals surface area contributed by atoms with Gasteiger partial charge in [-0.15, -0.1) is 5.11 Å². The lowest BCUT2D eigenvalue weighted by atomic mass is 10.1. The SMILES string of the molecule is Cc1ccc(-c2nc3c(N=Nc4cccc(C(F)(F)F)c4)c[nH]n3c(=O)c2C#N)cc1. The lowest BCUT2D eigenvalue weighted by Crippen LogP contribution is -2.19. The number of aromatic nitrogens is 3. The van der Waals surface area contributed by atoms with Crippen LogP contribution in [0.4, 0.5) is 24.5 Å². The van der Waals surface area contributed by atoms with Gasteiger partial charge >= 0.3 is 6.18 Å². The van der Waals surface area contributed by atoms with Crippen molar-refractivity contribution in [2.75, 3.05) is 0 Å². The number of nitriles is 1. The van der Waals surface area contributed by atoms with E-state index in [4.69, 9.17) is 0 Å². The van der Waals surface area contributed by atoms with E-state index in [2.05, 4.69) is 20.3 Å². The average Bonchev–Trinajstić information content (AvgIpc) is 3.15. The number of alkyl halides is 3. The van der Waals surface area contributed by atoms with Crippen LogP contribution >= 0.6 is 0 Å². The van der Waals surface area contributed by atoms with Gasteiger partial charge in [-0.1, -0.05) is 35.9 Å². The van der Waals surface area contributed by atoms with Crippen molar-refractivity contribution in [1.29, 1.82) is 5.26 Å². The van der Waals surface area contributed by atoms with Crippen molar-refractivity contribution in [3.8, 4) is 17.3 Å². The molecule has 0 aliphatic heterocycles. The second-order valence-corrected chi connectivity index (χ2v) is 6.68. The van der Waals surface area contributed by atoms with E-state index in [1.807, 2.05) is 25.1 Å². The Morgan fingerprint density at radius 1 is 1.13 bits per heavy atom. The van der Waals surface area contributed by atoms with Crippen molar-refractivity contribution in [1.82, 2.24) is 14.6 Å². The molecule has 0 atom stereocenters. The number of rotatable bonds is 3. The molecule has 1 N–H and O–H groups in total. The summed E-state index contributed by atoms with van der Waals surface area (Å²) < 4.78 is 39.7. The standard InChI is InChI=1S/C21H13F3N6O/c1-12-5-7-13(8-6-12)18-16(10-25)20(31)30-19(27-18)17(11-26-30)29-28-15-4-2-3-14(9-15)21(22,23)24/h2-9,11,26H,1H3. The lowest BCUT2D eigenvalue weighted by molar-refractivity contribution is -0.137. The summed E-state index contributed by atoms with van der Waals surface area (Å²) in [4.78, 5) is 17.1. The van der Waals surface area contributed by atoms with Gasteiger partial charge in [-0.25, -0.2) is 4.98 Å². The Bertz CT molecular complexity index is 1410. The van der Waals surface area contributed by atoms with Gasteiger partial charge in [0.1, 0.15) is 17.3 Å². The molecule has 0 fully saturated rings. The molecule has 0 amide bonds. The van der Waals surface area contributed by atoms with E-state index in [1.165, 1.54) is 18.3 Å². The third-order valence-corrected chi connectivity index (χ3v) is 4.53. The van der Waals surface area contributed by atoms with Crippen LogP contribution in [-0.2, 0) is 6.18 Å². The van der Waals surface area contributed by atoms with Gasteiger partial charge in [-0.2, -0.15) is 28.1 Å². The first-order chi connectivity index (χ1) is 14.8. The number of H-pyrrole nitrogens is 1. The molecule has 10 heteroatoms. The molecule has 0 bridgehead atoms. The molecular weight excluding hydrogens is 409 g/mol. The number of aryl methyl sites for hydroxylation is 1. The minimum absolute atomic E-state index is 0.0103. The molecule has 0 spiro atoms. The summed E-state index contributed by atoms with van der Waals surface area (Å²) >= 11 is 0. The van der Waals surface area contributed by atoms with Crippen LogP contribution in [0.25, 0.3) is 16.9 Å². The minimum atomic E-state index is -4.50. The number of nitrogens with zero attached hydrogens (tertiary/aromatic N) is 5. The molecule has 154 valence electrons. The van der Waals surface area contributed by atoms with Gasteiger partial charge < -0.3 is 0 Å². The predicted octanol–water partition coefficient (Wildman–Crippen LogP) is 5.30. The van der Waals surface area contributed by atoms with Crippen LogP contribution in [0.1, 0.15) is 16.7 Å². The molecule has 4 rings (SSSR count). The Morgan fingerprint density at radius 3 is 2.55 bits per heavy atom. The molecule has 0 radical (unpaired) electrons. The number of nitrogens with one attached hydrogen (secondary N) is 1. The monoisotopic (exact) mass is 422 g/mol. The minimum Gasteiger partial charge on any atom is -0.294 e. The van der Waals surface area contributed by atoms with E-state index in [0.29, 0.717) is 5.56 Å². The molecule has 31 heavy (non-hydrogen) atoms. The third-order valence-electron chi connectivity index (χ3n) is 4.53. The van der Waals surface area contributed by atoms with E-state index < -0.39 is 17.3 Å². The predicted molar refractivity (Wildman–Crippen MR) is 106 cm³/mol. The lowest BCUT2D eigenvalue weighted by Gasteiger charge is -2.06. The first-order valence-corrected chi connectivity index (χ1v) is 8.98. The van der Waals surface area contributed by atoms with Gasteiger partial charge in [-0.05, 0) is 25.1 Å². The van der Waals surface area contributed by atoms with Crippen LogP contribution in [0, 0.1) is 18.3 Å². The number of azo groups is 1. The van der Waals surface area contributed by atoms with E-state index in [9.17, 15) is 23.2 Å². The van der Waals surface area contributed by atoms with Crippen molar-refractivity contribution in [2.45, 2.75) is 13.1 Å². The summed E-state index contributed by atoms with van der Waals surface area (Å²) in [5.41, 5.74) is 0.348. The highest BCUT2D eigenvalue weighted by atomic mass is 19.4. The average molecular weight is 422 g/mol. The molecule has 4 aromatic rings. The zero-order chi connectivity index (χ0) is 22.2. The Kier molecular flexibility index (Phi) is 4.87. The number of aromatic amines is 1. The number of hydrogen-bond acceptors (Lipinski definition) is 5. The van der Waals surface area contributed by atoms with Crippen molar-refractivity contribution < 1.29 is 13.2 Å². The summed E-state index contributed by atoms with van der Waals surface area (Å²) in [5.74, 6) is 0. The van der Waals surface area contributed by atoms with Crippen LogP contribution < -0.4 is 5.56 Å². The molecule has 0 aliphatic rings. The Labute approximate surface area is 173 Å². The molecule has 0 unspecified atom stereocenters. The van der Waals surface area contributed by atoms with Crippen LogP contribution in [0.2, 0.25) is 0 Å². The highest BCUT2D eigenvalue weighted by molar-refractivity contribution is 5.72. The summed E-state index contributed by atoms with van der Waals surface area (Å²) in [7, 11) is 0. The van der Waals surface area contributed by atoms with Crippen LogP contribution in [-0.4, -0.2) is 14.6 Å². The van der Waals surface area contributed by atoms with Crippen molar-refractivity contribution in [3.63, 3.8) is 0 Å². The fourth-order valence-electron chi connectivity index (χ4n) is 2.95. The zero-order valence-electron chi connectivity index (χ0n) is 16.0. The topological polar surface area (TPSA) is 98.7 Å². The van der Waals surface area contributed by atoms with Crippen LogP contribution in [0.15, 0.2) is 69.8 Å². The summed E-state index contributed by atoms with van der Waals surface area (Å²) in [5, 5.41) is 19.9. The maximum absolute atomic E-state index is 12.9. The largest absolute Gasteiger partial charge is 0.416 e. The number of hydrogen-bond donors (Lipinski definition) is 1. The van der Waals surface area contributed by atoms with Gasteiger partial charge in [0.2, 0.25) is 0 Å². The Morgan fingerprint density at radius 2 is 1.87 bits per heavy atom. The fraction of sp³-hybridized carbons (Fsp3) is 0.0952. The fourth-order valence-corrected chi connectivity index (χ4v) is 2.95. The van der Waals surface area contributed by atoms with E-state index in [0.717, 1.165) is 22.2 Å². The maximum Gasteiger partial charge on any atom is 0.416 e. The third kappa shape index (κ3) is 3.81. The van der Waals surface area contributed by atoms with E-state index >= 15 is 0 Å². The first kappa shape index (κ1) is 20.0. The molecule has 2 heterocycles. The van der Waals surface area contributed by atoms with Gasteiger partial charge in [0, 0.05) is 5.56 Å². The number of benzene rings is 2. The Balaban J connectivity index is 1.82. The Hall–Kier alpha value is -4.26. The van der Waals surface area contributed by atoms with Crippen molar-refractivity contribution in [2.24, 2.45) is 10.2 Å². The quantitative estimate of drug-likeness (QED) is 0.453. The van der Waals surface area contributed by atoms with E-state index in [-0.39, 0.29) is 28.3 Å². The van der Waals surface area contributed by atoms with Gasteiger partial charge in [-0.3, -0.25) is 9.89 Å². The van der Waals surface area contributed by atoms with Gasteiger partial charge in [0.05, 0.1) is 23.1 Å². The van der Waals surface area contributed by atoms with E-state index in [1.54, 1.807) is 12.1 Å². The molecule has 2 aromatic heterocycles. The smallest absolute Gasteiger partial charge is 0.294 e. The van der Waals surface area contributed by atoms with Crippen LogP contribution in [0.3, 0.4) is 0 Å². The summed E-state index contributed by atoms with van der Waals surface area (Å²) in [6.07, 6.45) is -3.17. The molecule has 0 aliphatic carbocycles. The molecule has 0 saturated heterocycles. The second kappa shape index (κ2) is 7.53. The van der Waals surface area contributed by atoms with Gasteiger partial charge in [0.15, 0.2) is 5.65 Å². The highest BCUT2D eigenvalue weighted by Gasteiger charge is 2.30. The van der Waals surface area contributed by atoms with Crippen LogP contribution in [0.5, 0.6) is 0 Å². The normalized spacial score (nSPS) is 11.8. The number of halogens is 3.